The number of aromatic nitrogens is 2. The Morgan fingerprint density at radius 2 is 1.24 bits per heavy atom. The van der Waals surface area contributed by atoms with Gasteiger partial charge in [-0.3, -0.25) is 0 Å². The third kappa shape index (κ3) is 5.58. The first-order valence-electron chi connectivity index (χ1n) is 10.3. The molecule has 0 amide bonds. The van der Waals surface area contributed by atoms with E-state index in [1.807, 2.05) is 6.33 Å². The summed E-state index contributed by atoms with van der Waals surface area (Å²) in [5.74, 6) is 0. The quantitative estimate of drug-likeness (QED) is 0.232. The van der Waals surface area contributed by atoms with Crippen LogP contribution in [0.3, 0.4) is 0 Å². The molecular weight excluding hydrogens is 438 g/mol. The topological polar surface area (TPSA) is 17.8 Å². The SMILES string of the molecule is [Se]=P(CCc1ccccc1)(CCc1ccccc1)CCn1cnc2ccccc21. The monoisotopic (exact) mass is 466 g/mol. The molecule has 2 nitrogen and oxygen atoms in total. The summed E-state index contributed by atoms with van der Waals surface area (Å²) in [6.07, 6.45) is 8.05. The first kappa shape index (κ1) is 20.4. The Labute approximate surface area is 181 Å². The van der Waals surface area contributed by atoms with Gasteiger partial charge in [0, 0.05) is 0 Å². The van der Waals surface area contributed by atoms with E-state index in [9.17, 15) is 0 Å². The van der Waals surface area contributed by atoms with Crippen LogP contribution in [-0.4, -0.2) is 43.1 Å². The van der Waals surface area contributed by atoms with Crippen molar-refractivity contribution < 1.29 is 0 Å². The second kappa shape index (κ2) is 9.72. The average molecular weight is 465 g/mol. The van der Waals surface area contributed by atoms with Crippen LogP contribution in [0.2, 0.25) is 0 Å². The molecule has 0 saturated heterocycles. The van der Waals surface area contributed by atoms with Crippen LogP contribution >= 0.6 is 5.51 Å². The molecule has 0 aliphatic heterocycles. The molecule has 4 heteroatoms. The van der Waals surface area contributed by atoms with Crippen LogP contribution in [0, 0.1) is 0 Å². The molecule has 0 atom stereocenters. The summed E-state index contributed by atoms with van der Waals surface area (Å²) in [6.45, 7) is 1.03. The second-order valence-corrected chi connectivity index (χ2v) is 16.0. The van der Waals surface area contributed by atoms with Crippen LogP contribution in [0.15, 0.2) is 91.3 Å². The average Bonchev–Trinajstić information content (AvgIpc) is 3.20. The molecule has 0 aliphatic carbocycles. The van der Waals surface area contributed by atoms with E-state index in [0.717, 1.165) is 24.9 Å². The predicted molar refractivity (Wildman–Crippen MR) is 127 cm³/mol. The van der Waals surface area contributed by atoms with E-state index in [1.54, 1.807) is 0 Å². The molecule has 29 heavy (non-hydrogen) atoms. The van der Waals surface area contributed by atoms with Crippen molar-refractivity contribution in [2.45, 2.75) is 19.4 Å². The fourth-order valence-corrected chi connectivity index (χ4v) is 8.01. The molecule has 4 aromatic rings. The van der Waals surface area contributed by atoms with Crippen LogP contribution in [0.5, 0.6) is 0 Å². The molecular formula is C25H27N2PSe. The fourth-order valence-electron chi connectivity index (χ4n) is 3.77. The Balaban J connectivity index is 1.47. The zero-order chi connectivity index (χ0) is 19.9. The van der Waals surface area contributed by atoms with Gasteiger partial charge >= 0.3 is 181 Å². The number of imidazole rings is 1. The number of fused-ring (bicyclic) bond motifs is 1. The zero-order valence-corrected chi connectivity index (χ0v) is 19.3. The van der Waals surface area contributed by atoms with Crippen LogP contribution in [0.25, 0.3) is 11.0 Å². The van der Waals surface area contributed by atoms with Gasteiger partial charge in [-0.15, -0.1) is 0 Å². The van der Waals surface area contributed by atoms with Gasteiger partial charge in [0.15, 0.2) is 0 Å². The van der Waals surface area contributed by atoms with Gasteiger partial charge in [0.2, 0.25) is 0 Å². The molecule has 0 aliphatic rings. The van der Waals surface area contributed by atoms with Gasteiger partial charge in [0.25, 0.3) is 0 Å². The van der Waals surface area contributed by atoms with Crippen molar-refractivity contribution in [2.75, 3.05) is 18.5 Å². The van der Waals surface area contributed by atoms with E-state index in [-0.39, 0.29) is 0 Å². The molecule has 0 saturated carbocycles. The Kier molecular flexibility index (Phi) is 6.82. The molecule has 148 valence electrons. The Morgan fingerprint density at radius 3 is 1.86 bits per heavy atom. The molecule has 0 radical (unpaired) electrons. The van der Waals surface area contributed by atoms with Crippen molar-refractivity contribution in [3.63, 3.8) is 0 Å². The van der Waals surface area contributed by atoms with Crippen LogP contribution < -0.4 is 0 Å². The van der Waals surface area contributed by atoms with Gasteiger partial charge in [-0.05, 0) is 0 Å². The summed E-state index contributed by atoms with van der Waals surface area (Å²) >= 11 is 3.72. The molecule has 3 aromatic carbocycles. The first-order chi connectivity index (χ1) is 14.2. The fraction of sp³-hybridized carbons (Fsp3) is 0.240. The summed E-state index contributed by atoms with van der Waals surface area (Å²) in [7, 11) is 0. The Bertz CT molecular complexity index is 1040. The molecule has 1 heterocycles. The van der Waals surface area contributed by atoms with Crippen molar-refractivity contribution in [3.05, 3.63) is 102 Å². The van der Waals surface area contributed by atoms with Crippen LogP contribution in [0.1, 0.15) is 11.1 Å². The molecule has 0 spiro atoms. The number of nitrogens with zero attached hydrogens (tertiary/aromatic N) is 2. The van der Waals surface area contributed by atoms with Gasteiger partial charge in [-0.1, -0.05) is 0 Å². The van der Waals surface area contributed by atoms with Gasteiger partial charge < -0.3 is 0 Å². The summed E-state index contributed by atoms with van der Waals surface area (Å²) < 4.78 is 2.33. The normalized spacial score (nSPS) is 11.7. The summed E-state index contributed by atoms with van der Waals surface area (Å²) in [5.41, 5.74) is 4.02. The van der Waals surface area contributed by atoms with Gasteiger partial charge in [0.05, 0.1) is 0 Å². The summed E-state index contributed by atoms with van der Waals surface area (Å²) in [4.78, 5) is 4.57. The molecule has 0 fully saturated rings. The standard InChI is InChI=1S/C25H27N2PSe/c29-28(18-15-22-9-3-1-4-10-22,19-16-23-11-5-2-6-12-23)20-17-27-21-26-24-13-7-8-14-25(24)27/h1-14,21H,15-20H2. The van der Waals surface area contributed by atoms with Crippen molar-refractivity contribution in [1.82, 2.24) is 9.55 Å². The maximum atomic E-state index is 4.57. The summed E-state index contributed by atoms with van der Waals surface area (Å²) in [6, 6.07) is 30.3. The Morgan fingerprint density at radius 1 is 0.690 bits per heavy atom. The predicted octanol–water partition coefficient (Wildman–Crippen LogP) is 5.62. The van der Waals surface area contributed by atoms with Gasteiger partial charge in [0.1, 0.15) is 0 Å². The van der Waals surface area contributed by atoms with Gasteiger partial charge in [-0.2, -0.15) is 0 Å². The van der Waals surface area contributed by atoms with E-state index in [0.29, 0.717) is 0 Å². The minimum atomic E-state index is -1.19. The molecule has 0 unspecified atom stereocenters. The number of hydrogen-bond acceptors (Lipinski definition) is 1. The molecule has 0 bridgehead atoms. The van der Waals surface area contributed by atoms with E-state index >= 15 is 0 Å². The zero-order valence-electron chi connectivity index (χ0n) is 16.7. The molecule has 0 N–H and O–H groups in total. The van der Waals surface area contributed by atoms with Gasteiger partial charge in [-0.25, -0.2) is 0 Å². The number of aryl methyl sites for hydroxylation is 3. The Hall–Kier alpha value is -1.92. The number of para-hydroxylation sites is 2. The number of hydrogen-bond donors (Lipinski definition) is 0. The number of benzene rings is 3. The van der Waals surface area contributed by atoms with Crippen molar-refractivity contribution >= 4 is 31.6 Å². The molecule has 4 rings (SSSR count). The molecule has 1 aromatic heterocycles. The first-order valence-corrected chi connectivity index (χ1v) is 14.8. The third-order valence-electron chi connectivity index (χ3n) is 5.58. The summed E-state index contributed by atoms with van der Waals surface area (Å²) in [5, 5.41) is 0. The van der Waals surface area contributed by atoms with Crippen LogP contribution in [0.4, 0.5) is 0 Å². The van der Waals surface area contributed by atoms with Crippen molar-refractivity contribution in [2.24, 2.45) is 0 Å². The maximum absolute atomic E-state index is 4.57. The third-order valence-corrected chi connectivity index (χ3v) is 12.1. The van der Waals surface area contributed by atoms with E-state index < -0.39 is 5.51 Å². The second-order valence-electron chi connectivity index (χ2n) is 7.63. The van der Waals surface area contributed by atoms with E-state index in [4.69, 9.17) is 0 Å². The van der Waals surface area contributed by atoms with Crippen molar-refractivity contribution in [3.8, 4) is 0 Å². The van der Waals surface area contributed by atoms with Crippen LogP contribution in [-0.2, 0) is 19.4 Å². The van der Waals surface area contributed by atoms with Crippen molar-refractivity contribution in [1.29, 1.82) is 0 Å². The number of rotatable bonds is 9. The minimum absolute atomic E-state index is 1.03. The van der Waals surface area contributed by atoms with E-state index in [2.05, 4.69) is 110 Å². The van der Waals surface area contributed by atoms with E-state index in [1.165, 1.54) is 35.1 Å².